The van der Waals surface area contributed by atoms with Crippen LogP contribution >= 0.6 is 0 Å². The number of benzene rings is 2. The highest BCUT2D eigenvalue weighted by atomic mass is 35.5. The average molecular weight is 596 g/mol. The van der Waals surface area contributed by atoms with E-state index in [2.05, 4.69) is 15.3 Å². The van der Waals surface area contributed by atoms with Crippen LogP contribution in [0.2, 0.25) is 0 Å². The minimum Gasteiger partial charge on any atom is -1.00 e. The summed E-state index contributed by atoms with van der Waals surface area (Å²) in [7, 11) is 0. The molecule has 0 saturated carbocycles. The fourth-order valence-electron chi connectivity index (χ4n) is 5.32. The number of fused-ring (bicyclic) bond motifs is 2. The van der Waals surface area contributed by atoms with Gasteiger partial charge in [-0.3, -0.25) is 14.8 Å². The second-order valence-corrected chi connectivity index (χ2v) is 10.6. The smallest absolute Gasteiger partial charge is 1.00 e. The second-order valence-electron chi connectivity index (χ2n) is 10.6. The highest BCUT2D eigenvalue weighted by Crippen LogP contribution is 2.27. The van der Waals surface area contributed by atoms with Crippen molar-refractivity contribution < 1.29 is 18.6 Å². The van der Waals surface area contributed by atoms with Gasteiger partial charge in [-0.1, -0.05) is 43.2 Å². The highest BCUT2D eigenvalue weighted by molar-refractivity contribution is 5.90. The Balaban J connectivity index is 0.00000221. The first-order valence-corrected chi connectivity index (χ1v) is 14.3. The lowest BCUT2D eigenvalue weighted by Gasteiger charge is -2.16. The zero-order valence-corrected chi connectivity index (χ0v) is 24.5. The molecule has 0 saturated heterocycles. The number of aromatic nitrogens is 4. The standard InChI is InChI=1S/C33H33N7O2.ClH/c34-14-3-1-2-4-17-40-32(41)29(25-8-7-23-6-5-15-36-30(23)18-25)19-31(38-40)24-9-11-28(12-10-24)37-33(42)39-21-26-13-16-35-20-27(26)22-39;/h5-13,15-16,18-20H,1-4,14,17,21-22,34H2,(H,37,42);1H. The number of aryl methyl sites for hydroxylation is 1. The summed E-state index contributed by atoms with van der Waals surface area (Å²) in [5.41, 5.74) is 12.1. The van der Waals surface area contributed by atoms with Gasteiger partial charge in [0.15, 0.2) is 0 Å². The van der Waals surface area contributed by atoms with E-state index in [0.29, 0.717) is 43.1 Å². The maximum absolute atomic E-state index is 13.6. The van der Waals surface area contributed by atoms with Crippen LogP contribution in [-0.4, -0.2) is 37.2 Å². The first-order chi connectivity index (χ1) is 20.6. The van der Waals surface area contributed by atoms with Gasteiger partial charge in [-0.25, -0.2) is 9.48 Å². The number of halogens is 1. The second kappa shape index (κ2) is 13.6. The molecule has 9 nitrogen and oxygen atoms in total. The van der Waals surface area contributed by atoms with E-state index in [4.69, 9.17) is 10.8 Å². The number of nitrogens with one attached hydrogen (secondary N) is 1. The summed E-state index contributed by atoms with van der Waals surface area (Å²) < 4.78 is 1.57. The Morgan fingerprint density at radius 2 is 1.70 bits per heavy atom. The first-order valence-electron chi connectivity index (χ1n) is 14.3. The Bertz CT molecular complexity index is 1770. The third kappa shape index (κ3) is 6.74. The molecule has 1 aliphatic heterocycles. The number of unbranched alkanes of at least 4 members (excludes halogenated alkanes) is 3. The average Bonchev–Trinajstić information content (AvgIpc) is 3.47. The van der Waals surface area contributed by atoms with E-state index in [1.807, 2.05) is 72.9 Å². The lowest BCUT2D eigenvalue weighted by atomic mass is 10.0. The number of nitrogens with two attached hydrogens (primary N) is 1. The molecule has 0 radical (unpaired) electrons. The van der Waals surface area contributed by atoms with Gasteiger partial charge in [0, 0.05) is 54.9 Å². The van der Waals surface area contributed by atoms with Gasteiger partial charge >= 0.3 is 7.46 Å². The fourth-order valence-corrected chi connectivity index (χ4v) is 5.32. The van der Waals surface area contributed by atoms with Gasteiger partial charge in [0.25, 0.3) is 5.56 Å². The monoisotopic (exact) mass is 595 g/mol. The van der Waals surface area contributed by atoms with E-state index in [-0.39, 0.29) is 25.4 Å². The maximum atomic E-state index is 13.6. The minimum absolute atomic E-state index is 0. The van der Waals surface area contributed by atoms with Crippen LogP contribution in [-0.2, 0) is 19.6 Å². The molecule has 0 atom stereocenters. The van der Waals surface area contributed by atoms with Crippen LogP contribution in [0.1, 0.15) is 38.2 Å². The summed E-state index contributed by atoms with van der Waals surface area (Å²) in [5.74, 6) is 0. The zero-order valence-electron chi connectivity index (χ0n) is 24.7. The van der Waals surface area contributed by atoms with Crippen LogP contribution in [0.5, 0.6) is 0 Å². The lowest BCUT2D eigenvalue weighted by Crippen LogP contribution is -3.00. The van der Waals surface area contributed by atoms with Crippen molar-refractivity contribution in [3.05, 3.63) is 107 Å². The van der Waals surface area contributed by atoms with Gasteiger partial charge < -0.3 is 28.4 Å². The zero-order chi connectivity index (χ0) is 28.9. The summed E-state index contributed by atoms with van der Waals surface area (Å²) >= 11 is 0. The number of hydrogen-bond donors (Lipinski definition) is 2. The Labute approximate surface area is 257 Å². The summed E-state index contributed by atoms with van der Waals surface area (Å²) in [6.07, 6.45) is 9.15. The molecule has 4 heterocycles. The van der Waals surface area contributed by atoms with Crippen molar-refractivity contribution in [2.75, 3.05) is 11.9 Å². The third-order valence-corrected chi connectivity index (χ3v) is 7.66. The lowest BCUT2D eigenvalue weighted by molar-refractivity contribution is -0.0000117. The predicted molar refractivity (Wildman–Crippen MR) is 166 cm³/mol. The Morgan fingerprint density at radius 3 is 2.51 bits per heavy atom. The van der Waals surface area contributed by atoms with Crippen LogP contribution in [0.3, 0.4) is 0 Å². The van der Waals surface area contributed by atoms with Crippen LogP contribution < -0.4 is 29.0 Å². The molecule has 2 aromatic carbocycles. The molecule has 0 aliphatic carbocycles. The first kappa shape index (κ1) is 29.9. The largest absolute Gasteiger partial charge is 1.00 e. The molecular weight excluding hydrogens is 562 g/mol. The minimum atomic E-state index is -0.160. The molecule has 220 valence electrons. The number of hydrogen-bond acceptors (Lipinski definition) is 6. The van der Waals surface area contributed by atoms with Crippen molar-refractivity contribution in [2.24, 2.45) is 5.73 Å². The molecular formula is C33H34ClN7O2. The Kier molecular flexibility index (Phi) is 9.44. The van der Waals surface area contributed by atoms with E-state index < -0.39 is 0 Å². The molecule has 0 spiro atoms. The number of urea groups is 1. The van der Waals surface area contributed by atoms with E-state index >= 15 is 0 Å². The number of amides is 2. The molecule has 3 N–H and O–H groups in total. The van der Waals surface area contributed by atoms with Crippen LogP contribution in [0.15, 0.2) is 90.1 Å². The Hall–Kier alpha value is -4.60. The number of pyridine rings is 2. The number of rotatable bonds is 9. The SMILES string of the molecule is NCCCCCCn1nc(-c2ccc(NC(=O)N3Cc4ccncc4C3)cc2)cc(-c2ccc3cccnc3c2)c1=O.[Cl-].[H+]. The fraction of sp³-hybridized carbons (Fsp3) is 0.242. The molecule has 43 heavy (non-hydrogen) atoms. The maximum Gasteiger partial charge on any atom is 1.00 e. The summed E-state index contributed by atoms with van der Waals surface area (Å²) in [4.78, 5) is 36.9. The number of carbonyl (C=O) groups excluding carboxylic acids is 1. The van der Waals surface area contributed by atoms with Gasteiger partial charge in [0.05, 0.1) is 16.8 Å². The normalized spacial score (nSPS) is 12.2. The van der Waals surface area contributed by atoms with Gasteiger partial charge in [-0.05, 0) is 72.5 Å². The number of nitrogens with zero attached hydrogens (tertiary/aromatic N) is 5. The molecule has 10 heteroatoms. The topological polar surface area (TPSA) is 119 Å². The van der Waals surface area contributed by atoms with Gasteiger partial charge in [-0.2, -0.15) is 5.10 Å². The molecule has 5 aromatic rings. The molecule has 0 bridgehead atoms. The quantitative estimate of drug-likeness (QED) is 0.253. The highest BCUT2D eigenvalue weighted by Gasteiger charge is 2.23. The van der Waals surface area contributed by atoms with Crippen molar-refractivity contribution in [3.8, 4) is 22.4 Å². The summed E-state index contributed by atoms with van der Waals surface area (Å²) in [6, 6.07) is 21.0. The van der Waals surface area contributed by atoms with Crippen LogP contribution in [0.25, 0.3) is 33.3 Å². The number of carbonyl (C=O) groups is 1. The molecule has 6 rings (SSSR count). The van der Waals surface area contributed by atoms with E-state index in [1.54, 1.807) is 22.0 Å². The Morgan fingerprint density at radius 1 is 0.907 bits per heavy atom. The van der Waals surface area contributed by atoms with Crippen molar-refractivity contribution in [1.29, 1.82) is 0 Å². The summed E-state index contributed by atoms with van der Waals surface area (Å²) in [6.45, 7) is 2.30. The van der Waals surface area contributed by atoms with E-state index in [9.17, 15) is 9.59 Å². The van der Waals surface area contributed by atoms with Crippen molar-refractivity contribution >= 4 is 22.6 Å². The van der Waals surface area contributed by atoms with Crippen LogP contribution in [0.4, 0.5) is 10.5 Å². The molecule has 2 amide bonds. The van der Waals surface area contributed by atoms with E-state index in [1.165, 1.54) is 0 Å². The van der Waals surface area contributed by atoms with E-state index in [0.717, 1.165) is 58.8 Å². The van der Waals surface area contributed by atoms with Crippen molar-refractivity contribution in [2.45, 2.75) is 45.3 Å². The molecule has 0 unspecified atom stereocenters. The molecule has 3 aromatic heterocycles. The van der Waals surface area contributed by atoms with Crippen molar-refractivity contribution in [3.63, 3.8) is 0 Å². The van der Waals surface area contributed by atoms with Gasteiger partial charge in [0.1, 0.15) is 0 Å². The molecule has 0 fully saturated rings. The van der Waals surface area contributed by atoms with Crippen molar-refractivity contribution in [1.82, 2.24) is 24.6 Å². The van der Waals surface area contributed by atoms with Gasteiger partial charge in [0.2, 0.25) is 0 Å². The third-order valence-electron chi connectivity index (χ3n) is 7.66. The van der Waals surface area contributed by atoms with Crippen LogP contribution in [0, 0.1) is 0 Å². The predicted octanol–water partition coefficient (Wildman–Crippen LogP) is 2.70. The molecule has 1 aliphatic rings. The van der Waals surface area contributed by atoms with Gasteiger partial charge in [-0.15, -0.1) is 0 Å². The number of anilines is 1. The summed E-state index contributed by atoms with van der Waals surface area (Å²) in [5, 5.41) is 8.76.